The molecule has 2 aromatic rings. The lowest BCUT2D eigenvalue weighted by atomic mass is 10.2. The zero-order chi connectivity index (χ0) is 17.8. The van der Waals surface area contributed by atoms with Gasteiger partial charge in [-0.3, -0.25) is 4.79 Å². The Hall–Kier alpha value is -1.60. The van der Waals surface area contributed by atoms with Crippen LogP contribution >= 0.6 is 11.8 Å². The second-order valence-electron chi connectivity index (χ2n) is 6.64. The molecule has 3 rings (SSSR count). The van der Waals surface area contributed by atoms with E-state index >= 15 is 0 Å². The summed E-state index contributed by atoms with van der Waals surface area (Å²) in [5.41, 5.74) is -0.106. The lowest BCUT2D eigenvalue weighted by Crippen LogP contribution is -2.18. The zero-order valence-corrected chi connectivity index (χ0v) is 15.3. The predicted molar refractivity (Wildman–Crippen MR) is 105 cm³/mol. The normalized spacial score (nSPS) is 15.2. The molecular weight excluding hydrogens is 355 g/mol. The number of hydrogen-bond donors (Lipinski definition) is 1. The Bertz CT molecular complexity index is 788. The van der Waals surface area contributed by atoms with Crippen LogP contribution < -0.4 is 10.3 Å². The van der Waals surface area contributed by atoms with E-state index in [1.54, 1.807) is 17.8 Å². The highest BCUT2D eigenvalue weighted by Gasteiger charge is 2.16. The molecule has 26 heavy (non-hydrogen) atoms. The third kappa shape index (κ3) is 5.20. The molecule has 0 spiro atoms. The second-order valence-corrected chi connectivity index (χ2v) is 7.93. The van der Waals surface area contributed by atoms with E-state index in [-0.39, 0.29) is 12.8 Å². The van der Waals surface area contributed by atoms with Crippen LogP contribution in [0.1, 0.15) is 39.9 Å². The van der Waals surface area contributed by atoms with Crippen molar-refractivity contribution in [1.29, 1.82) is 0 Å². The van der Waals surface area contributed by atoms with Crippen LogP contribution in [-0.2, 0) is 10.5 Å². The fraction of sp³-hybridized carbons (Fsp3) is 0.579. The van der Waals surface area contributed by atoms with Crippen LogP contribution in [0.25, 0.3) is 10.9 Å². The van der Waals surface area contributed by atoms with Crippen molar-refractivity contribution in [2.75, 3.05) is 19.8 Å². The summed E-state index contributed by atoms with van der Waals surface area (Å²) in [6.45, 7) is 6.08. The summed E-state index contributed by atoms with van der Waals surface area (Å²) in [5, 5.41) is 0.490. The molecule has 1 aliphatic heterocycles. The molecule has 0 amide bonds. The first-order valence-electron chi connectivity index (χ1n) is 8.57. The molecule has 1 N–H and O–H groups in total. The van der Waals surface area contributed by atoms with E-state index in [1.807, 2.05) is 13.8 Å². The number of hydrogen-bond acceptors (Lipinski definition) is 5. The number of benzene rings is 1. The Morgan fingerprint density at radius 2 is 2.12 bits per heavy atom. The fourth-order valence-electron chi connectivity index (χ4n) is 2.70. The van der Waals surface area contributed by atoms with E-state index in [0.717, 1.165) is 26.1 Å². The number of fused-ring (bicyclic) bond motifs is 1. The van der Waals surface area contributed by atoms with Gasteiger partial charge in [0, 0.05) is 30.6 Å². The van der Waals surface area contributed by atoms with E-state index in [9.17, 15) is 9.18 Å². The van der Waals surface area contributed by atoms with Gasteiger partial charge in [-0.1, -0.05) is 21.3 Å². The lowest BCUT2D eigenvalue weighted by molar-refractivity contribution is 0.1000. The molecule has 0 atom stereocenters. The molecule has 0 bridgehead atoms. The quantitative estimate of drug-likeness (QED) is 0.813. The van der Waals surface area contributed by atoms with Crippen molar-refractivity contribution in [2.24, 2.45) is 5.92 Å². The molecule has 0 radical (unpaired) electrons. The molecular formula is C19H27FN2O3S. The number of thioether (sulfide) groups is 1. The summed E-state index contributed by atoms with van der Waals surface area (Å²) in [5.74, 6) is 1.29. The summed E-state index contributed by atoms with van der Waals surface area (Å²) in [7, 11) is 0. The molecule has 1 aromatic carbocycles. The summed E-state index contributed by atoms with van der Waals surface area (Å²) in [4.78, 5) is 19.4. The summed E-state index contributed by atoms with van der Waals surface area (Å²) in [6, 6.07) is 2.89. The highest BCUT2D eigenvalue weighted by Crippen LogP contribution is 2.26. The van der Waals surface area contributed by atoms with Gasteiger partial charge in [-0.15, -0.1) is 0 Å². The number of H-pyrrole nitrogens is 1. The monoisotopic (exact) mass is 382 g/mol. The number of ether oxygens (including phenoxy) is 2. The number of nitrogens with one attached hydrogen (secondary N) is 1. The molecule has 144 valence electrons. The van der Waals surface area contributed by atoms with Crippen LogP contribution in [0.5, 0.6) is 5.75 Å². The minimum Gasteiger partial charge on any atom is -0.493 e. The van der Waals surface area contributed by atoms with Crippen molar-refractivity contribution in [3.63, 3.8) is 0 Å². The first kappa shape index (κ1) is 20.7. The number of aromatic nitrogens is 2. The number of nitrogens with zero attached hydrogens (tertiary/aromatic N) is 1. The Kier molecular flexibility index (Phi) is 7.46. The zero-order valence-electron chi connectivity index (χ0n) is 14.5. The maximum atomic E-state index is 14.3. The van der Waals surface area contributed by atoms with Gasteiger partial charge in [0.1, 0.15) is 22.8 Å². The van der Waals surface area contributed by atoms with Crippen molar-refractivity contribution >= 4 is 22.7 Å². The van der Waals surface area contributed by atoms with E-state index in [4.69, 9.17) is 9.47 Å². The Morgan fingerprint density at radius 3 is 2.81 bits per heavy atom. The highest BCUT2D eigenvalue weighted by molar-refractivity contribution is 7.99. The molecule has 1 fully saturated rings. The van der Waals surface area contributed by atoms with Gasteiger partial charge >= 0.3 is 0 Å². The molecule has 0 saturated carbocycles. The van der Waals surface area contributed by atoms with Gasteiger partial charge in [0.05, 0.1) is 17.9 Å². The second kappa shape index (κ2) is 9.37. The van der Waals surface area contributed by atoms with Gasteiger partial charge in [0.2, 0.25) is 0 Å². The van der Waals surface area contributed by atoms with Gasteiger partial charge in [-0.05, 0) is 18.8 Å². The van der Waals surface area contributed by atoms with Gasteiger partial charge in [0.25, 0.3) is 5.56 Å². The van der Waals surface area contributed by atoms with Crippen molar-refractivity contribution in [2.45, 2.75) is 45.1 Å². The molecule has 1 aromatic heterocycles. The Morgan fingerprint density at radius 1 is 1.38 bits per heavy atom. The number of halogens is 1. The molecule has 1 aliphatic rings. The van der Waals surface area contributed by atoms with Crippen molar-refractivity contribution in [3.05, 3.63) is 34.1 Å². The summed E-state index contributed by atoms with van der Waals surface area (Å²) >= 11 is 1.75. The highest BCUT2D eigenvalue weighted by atomic mass is 32.2. The number of aromatic amines is 1. The minimum atomic E-state index is -0.603. The predicted octanol–water partition coefficient (Wildman–Crippen LogP) is 4.15. The van der Waals surface area contributed by atoms with Crippen LogP contribution in [0.4, 0.5) is 4.39 Å². The standard InChI is InChI=1S/C18H23FN2O3S.CH4/c1-11(2)9-24-12-7-14(19)17-15(8-12)20-16(21-18(17)22)10-25-13-3-5-23-6-4-13;/h7-8,11,13H,3-6,9-10H2,1-2H3,(H,20,21,22);1H4. The third-order valence-corrected chi connectivity index (χ3v) is 5.37. The van der Waals surface area contributed by atoms with Crippen molar-refractivity contribution in [1.82, 2.24) is 9.97 Å². The SMILES string of the molecule is C.CC(C)COc1cc(F)c2c(=O)[nH]c(CSC3CCOCC3)nc2c1. The lowest BCUT2D eigenvalue weighted by Gasteiger charge is -2.21. The molecule has 0 aliphatic carbocycles. The van der Waals surface area contributed by atoms with Crippen LogP contribution in [0.15, 0.2) is 16.9 Å². The van der Waals surface area contributed by atoms with E-state index in [0.29, 0.717) is 40.6 Å². The van der Waals surface area contributed by atoms with E-state index in [2.05, 4.69) is 9.97 Å². The first-order valence-corrected chi connectivity index (χ1v) is 9.62. The fourth-order valence-corrected chi connectivity index (χ4v) is 3.76. The van der Waals surface area contributed by atoms with Crippen LogP contribution in [0, 0.1) is 11.7 Å². The maximum Gasteiger partial charge on any atom is 0.261 e. The number of rotatable bonds is 6. The van der Waals surface area contributed by atoms with Gasteiger partial charge in [-0.25, -0.2) is 9.37 Å². The molecule has 1 saturated heterocycles. The van der Waals surface area contributed by atoms with Crippen LogP contribution in [-0.4, -0.2) is 35.0 Å². The Labute approximate surface area is 157 Å². The Balaban J connectivity index is 0.00000243. The average molecular weight is 383 g/mol. The van der Waals surface area contributed by atoms with Gasteiger partial charge < -0.3 is 14.5 Å². The van der Waals surface area contributed by atoms with Crippen LogP contribution in [0.3, 0.4) is 0 Å². The van der Waals surface area contributed by atoms with Crippen molar-refractivity contribution in [3.8, 4) is 5.75 Å². The van der Waals surface area contributed by atoms with E-state index < -0.39 is 11.4 Å². The average Bonchev–Trinajstić information content (AvgIpc) is 2.58. The van der Waals surface area contributed by atoms with E-state index in [1.165, 1.54) is 6.07 Å². The van der Waals surface area contributed by atoms with Gasteiger partial charge in [-0.2, -0.15) is 11.8 Å². The smallest absolute Gasteiger partial charge is 0.261 e. The summed E-state index contributed by atoms with van der Waals surface area (Å²) in [6.07, 6.45) is 2.01. The van der Waals surface area contributed by atoms with Crippen molar-refractivity contribution < 1.29 is 13.9 Å². The molecule has 0 unspecified atom stereocenters. The first-order chi connectivity index (χ1) is 12.0. The van der Waals surface area contributed by atoms with Gasteiger partial charge in [0.15, 0.2) is 0 Å². The summed E-state index contributed by atoms with van der Waals surface area (Å²) < 4.78 is 25.2. The third-order valence-electron chi connectivity index (χ3n) is 3.99. The molecule has 5 nitrogen and oxygen atoms in total. The minimum absolute atomic E-state index is 0. The topological polar surface area (TPSA) is 64.2 Å². The maximum absolute atomic E-state index is 14.3. The van der Waals surface area contributed by atoms with Crippen LogP contribution in [0.2, 0.25) is 0 Å². The molecule has 7 heteroatoms. The largest absolute Gasteiger partial charge is 0.493 e. The molecule has 2 heterocycles.